The van der Waals surface area contributed by atoms with Crippen LogP contribution in [-0.2, 0) is 21.3 Å². The van der Waals surface area contributed by atoms with E-state index in [1.54, 1.807) is 12.1 Å². The first kappa shape index (κ1) is 14.7. The molecule has 0 unspecified atom stereocenters. The van der Waals surface area contributed by atoms with E-state index in [1.807, 2.05) is 0 Å². The monoisotopic (exact) mass is 304 g/mol. The fourth-order valence-electron chi connectivity index (χ4n) is 1.98. The number of nitrogens with two attached hydrogens (primary N) is 1. The predicted molar refractivity (Wildman–Crippen MR) is 73.5 cm³/mol. The molecule has 0 amide bonds. The third kappa shape index (κ3) is 3.27. The molecule has 1 aromatic rings. The van der Waals surface area contributed by atoms with Crippen LogP contribution in [0.5, 0.6) is 0 Å². The Bertz CT molecular complexity index is 540. The lowest BCUT2D eigenvalue weighted by molar-refractivity contribution is 0.148. The average Bonchev–Trinajstić information content (AvgIpc) is 2.68. The summed E-state index contributed by atoms with van der Waals surface area (Å²) in [5, 5.41) is 0.487. The van der Waals surface area contributed by atoms with E-state index in [-0.39, 0.29) is 11.4 Å². The highest BCUT2D eigenvalue weighted by atomic mass is 35.5. The molecular weight excluding hydrogens is 288 g/mol. The molecule has 0 radical (unpaired) electrons. The molecule has 0 aliphatic carbocycles. The maximum atomic E-state index is 12.5. The van der Waals surface area contributed by atoms with Crippen LogP contribution >= 0.6 is 11.6 Å². The average molecular weight is 305 g/mol. The van der Waals surface area contributed by atoms with Gasteiger partial charge in [-0.15, -0.1) is 0 Å². The van der Waals surface area contributed by atoms with E-state index in [4.69, 9.17) is 22.1 Å². The van der Waals surface area contributed by atoms with Crippen molar-refractivity contribution >= 4 is 21.6 Å². The van der Waals surface area contributed by atoms with E-state index in [0.29, 0.717) is 43.3 Å². The minimum atomic E-state index is -3.50. The lowest BCUT2D eigenvalue weighted by Crippen LogP contribution is -2.33. The largest absolute Gasteiger partial charge is 0.380 e. The normalized spacial score (nSPS) is 18.2. The molecule has 0 atom stereocenters. The summed E-state index contributed by atoms with van der Waals surface area (Å²) < 4.78 is 31.7. The smallest absolute Gasteiger partial charge is 0.243 e. The van der Waals surface area contributed by atoms with Crippen molar-refractivity contribution in [2.75, 3.05) is 26.3 Å². The number of halogens is 1. The summed E-state index contributed by atoms with van der Waals surface area (Å²) in [5.41, 5.74) is 6.19. The van der Waals surface area contributed by atoms with Crippen molar-refractivity contribution in [3.63, 3.8) is 0 Å². The van der Waals surface area contributed by atoms with Crippen LogP contribution in [0.2, 0.25) is 5.02 Å². The highest BCUT2D eigenvalue weighted by Crippen LogP contribution is 2.23. The van der Waals surface area contributed by atoms with E-state index in [1.165, 1.54) is 10.4 Å². The first-order valence-corrected chi connectivity index (χ1v) is 7.94. The summed E-state index contributed by atoms with van der Waals surface area (Å²) in [6.45, 7) is 2.09. The maximum Gasteiger partial charge on any atom is 0.243 e. The summed E-state index contributed by atoms with van der Waals surface area (Å²) in [7, 11) is -3.50. The Morgan fingerprint density at radius 3 is 2.84 bits per heavy atom. The molecule has 1 saturated heterocycles. The molecule has 7 heteroatoms. The second kappa shape index (κ2) is 6.19. The van der Waals surface area contributed by atoms with Crippen molar-refractivity contribution in [3.05, 3.63) is 28.8 Å². The van der Waals surface area contributed by atoms with Crippen LogP contribution in [0, 0.1) is 0 Å². The molecule has 106 valence electrons. The number of sulfonamides is 1. The second-order valence-corrected chi connectivity index (χ2v) is 6.67. The van der Waals surface area contributed by atoms with Gasteiger partial charge in [-0.2, -0.15) is 4.31 Å². The zero-order valence-corrected chi connectivity index (χ0v) is 12.1. The Morgan fingerprint density at radius 2 is 2.11 bits per heavy atom. The van der Waals surface area contributed by atoms with Crippen molar-refractivity contribution in [1.82, 2.24) is 4.31 Å². The second-order valence-electron chi connectivity index (χ2n) is 4.33. The van der Waals surface area contributed by atoms with Crippen LogP contribution in [0.25, 0.3) is 0 Å². The van der Waals surface area contributed by atoms with Gasteiger partial charge >= 0.3 is 0 Å². The van der Waals surface area contributed by atoms with Crippen LogP contribution in [0.15, 0.2) is 23.1 Å². The summed E-state index contributed by atoms with van der Waals surface area (Å²) in [6.07, 6.45) is 0.705. The fraction of sp³-hybridized carbons (Fsp3) is 0.500. The van der Waals surface area contributed by atoms with Crippen molar-refractivity contribution in [2.45, 2.75) is 17.9 Å². The quantitative estimate of drug-likeness (QED) is 0.911. The third-order valence-corrected chi connectivity index (χ3v) is 5.32. The van der Waals surface area contributed by atoms with E-state index >= 15 is 0 Å². The SMILES string of the molecule is NCc1cc(S(=O)(=O)N2CCCOCC2)ccc1Cl. The van der Waals surface area contributed by atoms with Crippen molar-refractivity contribution < 1.29 is 13.2 Å². The van der Waals surface area contributed by atoms with Gasteiger partial charge in [-0.1, -0.05) is 11.6 Å². The number of ether oxygens (including phenoxy) is 1. The van der Waals surface area contributed by atoms with Gasteiger partial charge in [0.05, 0.1) is 11.5 Å². The van der Waals surface area contributed by atoms with Gasteiger partial charge in [0.15, 0.2) is 0 Å². The Morgan fingerprint density at radius 1 is 1.32 bits per heavy atom. The van der Waals surface area contributed by atoms with Crippen molar-refractivity contribution in [2.24, 2.45) is 5.73 Å². The van der Waals surface area contributed by atoms with E-state index in [9.17, 15) is 8.42 Å². The topological polar surface area (TPSA) is 72.6 Å². The zero-order valence-electron chi connectivity index (χ0n) is 10.5. The molecular formula is C12H17ClN2O3S. The predicted octanol–water partition coefficient (Wildman–Crippen LogP) is 1.21. The molecule has 5 nitrogen and oxygen atoms in total. The fourth-order valence-corrected chi connectivity index (χ4v) is 3.69. The van der Waals surface area contributed by atoms with Crippen LogP contribution < -0.4 is 5.73 Å². The summed E-state index contributed by atoms with van der Waals surface area (Å²) in [4.78, 5) is 0.235. The minimum Gasteiger partial charge on any atom is -0.380 e. The van der Waals surface area contributed by atoms with E-state index in [0.717, 1.165) is 0 Å². The van der Waals surface area contributed by atoms with Crippen LogP contribution in [0.3, 0.4) is 0 Å². The number of nitrogens with zero attached hydrogens (tertiary/aromatic N) is 1. The lowest BCUT2D eigenvalue weighted by atomic mass is 10.2. The van der Waals surface area contributed by atoms with Gasteiger partial charge in [0.25, 0.3) is 0 Å². The molecule has 0 bridgehead atoms. The number of hydrogen-bond donors (Lipinski definition) is 1. The van der Waals surface area contributed by atoms with Gasteiger partial charge in [0.2, 0.25) is 10.0 Å². The molecule has 19 heavy (non-hydrogen) atoms. The van der Waals surface area contributed by atoms with Gasteiger partial charge in [0, 0.05) is 31.3 Å². The van der Waals surface area contributed by atoms with E-state index in [2.05, 4.69) is 0 Å². The van der Waals surface area contributed by atoms with Gasteiger partial charge in [0.1, 0.15) is 0 Å². The number of rotatable bonds is 3. The Balaban J connectivity index is 2.32. The molecule has 1 aliphatic rings. The molecule has 0 saturated carbocycles. The molecule has 2 N–H and O–H groups in total. The third-order valence-electron chi connectivity index (χ3n) is 3.06. The first-order chi connectivity index (χ1) is 9.05. The molecule has 1 fully saturated rings. The lowest BCUT2D eigenvalue weighted by Gasteiger charge is -2.19. The molecule has 1 aromatic carbocycles. The van der Waals surface area contributed by atoms with E-state index < -0.39 is 10.0 Å². The number of hydrogen-bond acceptors (Lipinski definition) is 4. The van der Waals surface area contributed by atoms with Crippen LogP contribution in [0.1, 0.15) is 12.0 Å². The first-order valence-electron chi connectivity index (χ1n) is 6.12. The molecule has 2 rings (SSSR count). The minimum absolute atomic E-state index is 0.214. The highest BCUT2D eigenvalue weighted by molar-refractivity contribution is 7.89. The summed E-state index contributed by atoms with van der Waals surface area (Å²) >= 11 is 5.95. The zero-order chi connectivity index (χ0) is 13.9. The van der Waals surface area contributed by atoms with Crippen LogP contribution in [-0.4, -0.2) is 39.0 Å². The van der Waals surface area contributed by atoms with Gasteiger partial charge in [-0.3, -0.25) is 0 Å². The van der Waals surface area contributed by atoms with Crippen molar-refractivity contribution in [1.29, 1.82) is 0 Å². The summed E-state index contributed by atoms with van der Waals surface area (Å²) in [5.74, 6) is 0. The molecule has 0 spiro atoms. The Labute approximate surface area is 118 Å². The van der Waals surface area contributed by atoms with Crippen LogP contribution in [0.4, 0.5) is 0 Å². The maximum absolute atomic E-state index is 12.5. The van der Waals surface area contributed by atoms with Crippen molar-refractivity contribution in [3.8, 4) is 0 Å². The highest BCUT2D eigenvalue weighted by Gasteiger charge is 2.25. The van der Waals surface area contributed by atoms with Gasteiger partial charge in [-0.25, -0.2) is 8.42 Å². The Kier molecular flexibility index (Phi) is 4.81. The number of benzene rings is 1. The standard InChI is InChI=1S/C12H17ClN2O3S/c13-12-3-2-11(8-10(12)9-14)19(16,17)15-4-1-6-18-7-5-15/h2-3,8H,1,4-7,9,14H2. The molecule has 1 aliphatic heterocycles. The summed E-state index contributed by atoms with van der Waals surface area (Å²) in [6, 6.07) is 4.64. The molecule has 0 aromatic heterocycles. The molecule has 1 heterocycles. The van der Waals surface area contributed by atoms with Gasteiger partial charge < -0.3 is 10.5 Å². The van der Waals surface area contributed by atoms with Gasteiger partial charge in [-0.05, 0) is 30.2 Å². The Hall–Kier alpha value is -0.660.